The molecule has 1 N–H and O–H groups in total. The zero-order valence-corrected chi connectivity index (χ0v) is 13.8. The molecule has 1 amide bonds. The number of piperazine rings is 1. The zero-order valence-electron chi connectivity index (χ0n) is 12.9. The molecule has 0 unspecified atom stereocenters. The zero-order chi connectivity index (χ0) is 16.5. The highest BCUT2D eigenvalue weighted by atomic mass is 32.1. The molecule has 0 radical (unpaired) electrons. The summed E-state index contributed by atoms with van der Waals surface area (Å²) in [7, 11) is 0. The highest BCUT2D eigenvalue weighted by molar-refractivity contribution is 7.80. The Morgan fingerprint density at radius 1 is 1.26 bits per heavy atom. The van der Waals surface area contributed by atoms with Crippen LogP contribution in [0.15, 0.2) is 36.4 Å². The van der Waals surface area contributed by atoms with Gasteiger partial charge in [-0.05, 0) is 23.9 Å². The number of nitrogens with zero attached hydrogens (tertiary/aromatic N) is 3. The van der Waals surface area contributed by atoms with E-state index in [-0.39, 0.29) is 5.91 Å². The van der Waals surface area contributed by atoms with E-state index >= 15 is 0 Å². The third kappa shape index (κ3) is 5.81. The van der Waals surface area contributed by atoms with Gasteiger partial charge in [0.05, 0.1) is 6.07 Å². The van der Waals surface area contributed by atoms with Crippen molar-refractivity contribution in [1.29, 1.82) is 5.26 Å². The summed E-state index contributed by atoms with van der Waals surface area (Å²) >= 11 is 5.30. The van der Waals surface area contributed by atoms with Gasteiger partial charge in [0, 0.05) is 45.2 Å². The summed E-state index contributed by atoms with van der Waals surface area (Å²) in [6.07, 6.45) is 3.80. The van der Waals surface area contributed by atoms with Crippen molar-refractivity contribution >= 4 is 29.3 Å². The Bertz CT molecular complexity index is 601. The molecule has 2 rings (SSSR count). The molecule has 1 aromatic rings. The van der Waals surface area contributed by atoms with Crippen LogP contribution in [-0.2, 0) is 4.79 Å². The van der Waals surface area contributed by atoms with Crippen molar-refractivity contribution in [3.8, 4) is 6.07 Å². The number of hydrogen-bond acceptors (Lipinski definition) is 4. The normalized spacial score (nSPS) is 15.3. The molecule has 6 heteroatoms. The molecule has 1 saturated heterocycles. The monoisotopic (exact) mass is 328 g/mol. The Hall–Kier alpha value is -2.23. The number of hydrogen-bond donors (Lipinski definition) is 1. The fourth-order valence-electron chi connectivity index (χ4n) is 2.34. The van der Waals surface area contributed by atoms with Gasteiger partial charge in [-0.3, -0.25) is 15.0 Å². The maximum atomic E-state index is 11.9. The van der Waals surface area contributed by atoms with Crippen LogP contribution >= 0.6 is 12.2 Å². The molecular formula is C17H20N4OS. The molecule has 1 aliphatic heterocycles. The Kier molecular flexibility index (Phi) is 6.73. The van der Waals surface area contributed by atoms with E-state index in [1.54, 1.807) is 6.08 Å². The lowest BCUT2D eigenvalue weighted by molar-refractivity contribution is -0.115. The third-order valence-electron chi connectivity index (χ3n) is 3.66. The van der Waals surface area contributed by atoms with Crippen molar-refractivity contribution in [2.75, 3.05) is 32.7 Å². The maximum Gasteiger partial charge on any atom is 0.250 e. The van der Waals surface area contributed by atoms with Crippen molar-refractivity contribution in [2.24, 2.45) is 0 Å². The van der Waals surface area contributed by atoms with Crippen molar-refractivity contribution < 1.29 is 4.79 Å². The van der Waals surface area contributed by atoms with Gasteiger partial charge >= 0.3 is 0 Å². The van der Waals surface area contributed by atoms with Crippen molar-refractivity contribution in [2.45, 2.75) is 6.42 Å². The molecule has 1 aromatic carbocycles. The summed E-state index contributed by atoms with van der Waals surface area (Å²) < 4.78 is 0. The molecule has 0 aromatic heterocycles. The van der Waals surface area contributed by atoms with E-state index in [4.69, 9.17) is 17.5 Å². The third-order valence-corrected chi connectivity index (χ3v) is 4.02. The van der Waals surface area contributed by atoms with Gasteiger partial charge in [0.25, 0.3) is 0 Å². The van der Waals surface area contributed by atoms with Crippen molar-refractivity contribution in [3.05, 3.63) is 42.0 Å². The molecule has 1 fully saturated rings. The number of benzene rings is 1. The number of nitrogens with one attached hydrogen (secondary N) is 1. The Morgan fingerprint density at radius 2 is 1.96 bits per heavy atom. The summed E-state index contributed by atoms with van der Waals surface area (Å²) in [6, 6.07) is 11.8. The molecule has 0 spiro atoms. The van der Waals surface area contributed by atoms with Crippen LogP contribution in [0.1, 0.15) is 12.0 Å². The summed E-state index contributed by atoms with van der Waals surface area (Å²) in [4.78, 5) is 16.1. The number of amides is 1. The molecule has 0 atom stereocenters. The van der Waals surface area contributed by atoms with Gasteiger partial charge < -0.3 is 4.90 Å². The molecule has 0 saturated carbocycles. The van der Waals surface area contributed by atoms with Gasteiger partial charge in [0.2, 0.25) is 5.91 Å². The first-order valence-electron chi connectivity index (χ1n) is 7.61. The Balaban J connectivity index is 1.75. The second-order valence-electron chi connectivity index (χ2n) is 5.28. The summed E-state index contributed by atoms with van der Waals surface area (Å²) in [5.41, 5.74) is 0.972. The smallest absolute Gasteiger partial charge is 0.250 e. The molecule has 1 aliphatic rings. The van der Waals surface area contributed by atoms with Gasteiger partial charge in [0.15, 0.2) is 5.11 Å². The maximum absolute atomic E-state index is 11.9. The summed E-state index contributed by atoms with van der Waals surface area (Å²) in [5.74, 6) is -0.217. The highest BCUT2D eigenvalue weighted by Crippen LogP contribution is 2.04. The lowest BCUT2D eigenvalue weighted by atomic mass is 10.2. The second kappa shape index (κ2) is 9.03. The van der Waals surface area contributed by atoms with E-state index in [2.05, 4.69) is 16.3 Å². The van der Waals surface area contributed by atoms with E-state index < -0.39 is 0 Å². The van der Waals surface area contributed by atoms with Crippen LogP contribution in [-0.4, -0.2) is 53.5 Å². The van der Waals surface area contributed by atoms with E-state index in [0.29, 0.717) is 11.5 Å². The Morgan fingerprint density at radius 3 is 2.61 bits per heavy atom. The van der Waals surface area contributed by atoms with E-state index in [1.165, 1.54) is 6.08 Å². The number of rotatable bonds is 4. The molecule has 1 heterocycles. The minimum absolute atomic E-state index is 0.217. The highest BCUT2D eigenvalue weighted by Gasteiger charge is 2.19. The molecule has 120 valence electrons. The van der Waals surface area contributed by atoms with E-state index in [1.807, 2.05) is 35.2 Å². The van der Waals surface area contributed by atoms with Crippen LogP contribution in [0.4, 0.5) is 0 Å². The topological polar surface area (TPSA) is 59.4 Å². The van der Waals surface area contributed by atoms with Crippen LogP contribution in [0.2, 0.25) is 0 Å². The predicted octanol–water partition coefficient (Wildman–Crippen LogP) is 1.63. The Labute approximate surface area is 142 Å². The first-order valence-corrected chi connectivity index (χ1v) is 8.02. The number of nitriles is 1. The van der Waals surface area contributed by atoms with Gasteiger partial charge in [-0.2, -0.15) is 5.26 Å². The summed E-state index contributed by atoms with van der Waals surface area (Å²) in [5, 5.41) is 11.8. The van der Waals surface area contributed by atoms with Crippen molar-refractivity contribution in [3.63, 3.8) is 0 Å². The average Bonchev–Trinajstić information content (AvgIpc) is 2.59. The molecule has 0 aliphatic carbocycles. The number of thiocarbonyl (C=S) groups is 1. The lowest BCUT2D eigenvalue weighted by Crippen LogP contribution is -2.52. The van der Waals surface area contributed by atoms with Crippen LogP contribution in [0, 0.1) is 11.3 Å². The molecular weight excluding hydrogens is 308 g/mol. The average molecular weight is 328 g/mol. The fraction of sp³-hybridized carbons (Fsp3) is 0.353. The number of carbonyl (C=O) groups excluding carboxylic acids is 1. The van der Waals surface area contributed by atoms with Crippen LogP contribution in [0.5, 0.6) is 0 Å². The second-order valence-corrected chi connectivity index (χ2v) is 5.66. The first-order chi connectivity index (χ1) is 11.2. The molecule has 0 bridgehead atoms. The van der Waals surface area contributed by atoms with Gasteiger partial charge in [-0.15, -0.1) is 0 Å². The predicted molar refractivity (Wildman–Crippen MR) is 94.5 cm³/mol. The largest absolute Gasteiger partial charge is 0.346 e. The SMILES string of the molecule is N#CCCN1CCN(C(=S)NC(=O)/C=C/c2ccccc2)CC1. The van der Waals surface area contributed by atoms with Gasteiger partial charge in [-0.25, -0.2) is 0 Å². The number of carbonyl (C=O) groups is 1. The quantitative estimate of drug-likeness (QED) is 0.672. The van der Waals surface area contributed by atoms with Crippen molar-refractivity contribution in [1.82, 2.24) is 15.1 Å². The van der Waals surface area contributed by atoms with Crippen LogP contribution < -0.4 is 5.32 Å². The standard InChI is InChI=1S/C17H20N4OS/c18-9-4-10-20-11-13-21(14-12-20)17(23)19-16(22)8-7-15-5-2-1-3-6-15/h1-3,5-8H,4,10-14H2,(H,19,22,23)/b8-7+. The lowest BCUT2D eigenvalue weighted by Gasteiger charge is -2.35. The van der Waals surface area contributed by atoms with Gasteiger partial charge in [-0.1, -0.05) is 30.3 Å². The molecule has 23 heavy (non-hydrogen) atoms. The molecule has 5 nitrogen and oxygen atoms in total. The fourth-order valence-corrected chi connectivity index (χ4v) is 2.63. The van der Waals surface area contributed by atoms with Crippen LogP contribution in [0.3, 0.4) is 0 Å². The summed E-state index contributed by atoms with van der Waals surface area (Å²) in [6.45, 7) is 4.05. The van der Waals surface area contributed by atoms with Crippen LogP contribution in [0.25, 0.3) is 6.08 Å². The first kappa shape index (κ1) is 17.1. The minimum Gasteiger partial charge on any atom is -0.346 e. The van der Waals surface area contributed by atoms with Gasteiger partial charge in [0.1, 0.15) is 0 Å². The van der Waals surface area contributed by atoms with E-state index in [9.17, 15) is 4.79 Å². The van der Waals surface area contributed by atoms with E-state index in [0.717, 1.165) is 38.3 Å². The minimum atomic E-state index is -0.217.